The predicted octanol–water partition coefficient (Wildman–Crippen LogP) is 4.16. The van der Waals surface area contributed by atoms with Crippen LogP contribution in [0.4, 0.5) is 0 Å². The molecule has 3 heterocycles. The molecule has 1 amide bonds. The zero-order valence-corrected chi connectivity index (χ0v) is 17.2. The average molecular weight is 395 g/mol. The number of fused-ring (bicyclic) bond motifs is 1. The molecule has 0 radical (unpaired) electrons. The van der Waals surface area contributed by atoms with Gasteiger partial charge in [0.25, 0.3) is 0 Å². The summed E-state index contributed by atoms with van der Waals surface area (Å²) in [6.45, 7) is 4.82. The second-order valence-electron chi connectivity index (χ2n) is 9.06. The van der Waals surface area contributed by atoms with Gasteiger partial charge in [-0.25, -0.2) is 0 Å². The molecule has 1 atom stereocenters. The Morgan fingerprint density at radius 2 is 1.97 bits per heavy atom. The lowest BCUT2D eigenvalue weighted by molar-refractivity contribution is -0.122. The van der Waals surface area contributed by atoms with E-state index in [1.807, 2.05) is 19.1 Å². The maximum absolute atomic E-state index is 12.5. The van der Waals surface area contributed by atoms with Gasteiger partial charge in [0.15, 0.2) is 0 Å². The highest BCUT2D eigenvalue weighted by atomic mass is 16.5. The van der Waals surface area contributed by atoms with Crippen molar-refractivity contribution < 1.29 is 13.9 Å². The molecule has 1 spiro atoms. The number of amides is 1. The molecule has 1 N–H and O–H groups in total. The summed E-state index contributed by atoms with van der Waals surface area (Å²) in [5.74, 6) is 3.39. The molecule has 5 rings (SSSR count). The number of hydrogen-bond donors (Lipinski definition) is 1. The van der Waals surface area contributed by atoms with E-state index in [-0.39, 0.29) is 17.4 Å². The first-order chi connectivity index (χ1) is 14.1. The molecule has 1 aromatic carbocycles. The lowest BCUT2D eigenvalue weighted by atomic mass is 9.76. The quantitative estimate of drug-likeness (QED) is 0.827. The van der Waals surface area contributed by atoms with Crippen molar-refractivity contribution in [3.05, 3.63) is 53.5 Å². The summed E-state index contributed by atoms with van der Waals surface area (Å²) in [5, 5.41) is 3.16. The van der Waals surface area contributed by atoms with Crippen LogP contribution >= 0.6 is 0 Å². The zero-order valence-electron chi connectivity index (χ0n) is 17.2. The third kappa shape index (κ3) is 4.20. The Hall–Kier alpha value is -2.27. The first kappa shape index (κ1) is 18.7. The van der Waals surface area contributed by atoms with E-state index in [2.05, 4.69) is 34.5 Å². The Morgan fingerprint density at radius 1 is 1.17 bits per heavy atom. The van der Waals surface area contributed by atoms with E-state index in [9.17, 15) is 4.79 Å². The fraction of sp³-hybridized carbons (Fsp3) is 0.542. The van der Waals surface area contributed by atoms with Crippen LogP contribution in [0.25, 0.3) is 0 Å². The van der Waals surface area contributed by atoms with Gasteiger partial charge >= 0.3 is 0 Å². The molecular weight excluding hydrogens is 364 g/mol. The van der Waals surface area contributed by atoms with Crippen molar-refractivity contribution in [2.45, 2.75) is 69.6 Å². The zero-order chi connectivity index (χ0) is 19.8. The van der Waals surface area contributed by atoms with Crippen LogP contribution in [-0.2, 0) is 11.3 Å². The molecule has 1 saturated heterocycles. The fourth-order valence-corrected chi connectivity index (χ4v) is 4.88. The lowest BCUT2D eigenvalue weighted by Crippen LogP contribution is -2.50. The average Bonchev–Trinajstić information content (AvgIpc) is 3.42. The molecule has 3 aliphatic rings. The Labute approximate surface area is 172 Å². The number of nitrogens with zero attached hydrogens (tertiary/aromatic N) is 1. The normalized spacial score (nSPS) is 23.4. The monoisotopic (exact) mass is 394 g/mol. The van der Waals surface area contributed by atoms with E-state index in [0.29, 0.717) is 12.5 Å². The van der Waals surface area contributed by atoms with Crippen molar-refractivity contribution >= 4 is 5.91 Å². The number of nitrogens with one attached hydrogen (secondary N) is 1. The van der Waals surface area contributed by atoms with E-state index in [1.54, 1.807) is 0 Å². The Kier molecular flexibility index (Phi) is 4.86. The van der Waals surface area contributed by atoms with Crippen LogP contribution in [-0.4, -0.2) is 35.5 Å². The fourth-order valence-electron chi connectivity index (χ4n) is 4.88. The highest BCUT2D eigenvalue weighted by Crippen LogP contribution is 2.46. The Balaban J connectivity index is 1.27. The van der Waals surface area contributed by atoms with Gasteiger partial charge in [-0.05, 0) is 62.8 Å². The van der Waals surface area contributed by atoms with Gasteiger partial charge in [0.1, 0.15) is 22.9 Å². The van der Waals surface area contributed by atoms with Gasteiger partial charge in [0, 0.05) is 31.5 Å². The molecule has 29 heavy (non-hydrogen) atoms. The molecule has 5 heteroatoms. The minimum Gasteiger partial charge on any atom is -0.487 e. The minimum atomic E-state index is -0.158. The van der Waals surface area contributed by atoms with Crippen LogP contribution in [0, 0.1) is 6.92 Å². The van der Waals surface area contributed by atoms with Gasteiger partial charge in [0.2, 0.25) is 5.91 Å². The largest absolute Gasteiger partial charge is 0.487 e. The van der Waals surface area contributed by atoms with Crippen molar-refractivity contribution in [3.8, 4) is 5.75 Å². The molecule has 2 fully saturated rings. The maximum Gasteiger partial charge on any atom is 0.220 e. The smallest absolute Gasteiger partial charge is 0.220 e. The van der Waals surface area contributed by atoms with Crippen LogP contribution < -0.4 is 10.1 Å². The van der Waals surface area contributed by atoms with Gasteiger partial charge < -0.3 is 14.5 Å². The topological polar surface area (TPSA) is 54.7 Å². The molecular formula is C24H30N2O3. The van der Waals surface area contributed by atoms with Gasteiger partial charge in [-0.3, -0.25) is 9.69 Å². The van der Waals surface area contributed by atoms with E-state index in [0.717, 1.165) is 69.0 Å². The standard InChI is InChI=1S/C24H30N2O3/c1-17-6-9-20(28-17)16-26-12-10-24(11-13-26)15-18(14-23(27)25-19-7-8-19)21-4-2-3-5-22(21)29-24/h2-6,9,18-19H,7-8,10-16H2,1H3,(H,25,27). The summed E-state index contributed by atoms with van der Waals surface area (Å²) in [7, 11) is 0. The van der Waals surface area contributed by atoms with Crippen molar-refractivity contribution in [3.63, 3.8) is 0 Å². The second kappa shape index (κ2) is 7.52. The number of para-hydroxylation sites is 1. The maximum atomic E-state index is 12.5. The highest BCUT2D eigenvalue weighted by molar-refractivity contribution is 5.77. The van der Waals surface area contributed by atoms with Crippen LogP contribution in [0.15, 0.2) is 40.8 Å². The van der Waals surface area contributed by atoms with Crippen LogP contribution in [0.2, 0.25) is 0 Å². The number of piperidine rings is 1. The second-order valence-corrected chi connectivity index (χ2v) is 9.06. The molecule has 154 valence electrons. The SMILES string of the molecule is Cc1ccc(CN2CCC3(CC2)CC(CC(=O)NC2CC2)c2ccccc2O3)o1. The number of furan rings is 1. The van der Waals surface area contributed by atoms with Gasteiger partial charge in [-0.2, -0.15) is 0 Å². The van der Waals surface area contributed by atoms with Crippen LogP contribution in [0.5, 0.6) is 5.75 Å². The third-order valence-corrected chi connectivity index (χ3v) is 6.62. The molecule has 1 unspecified atom stereocenters. The van der Waals surface area contributed by atoms with Gasteiger partial charge in [0.05, 0.1) is 6.54 Å². The number of carbonyl (C=O) groups is 1. The summed E-state index contributed by atoms with van der Waals surface area (Å²) in [4.78, 5) is 15.0. The number of carbonyl (C=O) groups excluding carboxylic acids is 1. The van der Waals surface area contributed by atoms with Crippen LogP contribution in [0.1, 0.15) is 61.5 Å². The van der Waals surface area contributed by atoms with Crippen LogP contribution in [0.3, 0.4) is 0 Å². The van der Waals surface area contributed by atoms with Crippen molar-refractivity contribution in [1.82, 2.24) is 10.2 Å². The van der Waals surface area contributed by atoms with E-state index >= 15 is 0 Å². The van der Waals surface area contributed by atoms with Gasteiger partial charge in [-0.1, -0.05) is 18.2 Å². The lowest BCUT2D eigenvalue weighted by Gasteiger charge is -2.46. The molecule has 2 aromatic rings. The number of benzene rings is 1. The summed E-state index contributed by atoms with van der Waals surface area (Å²) in [6, 6.07) is 12.8. The molecule has 2 aliphatic heterocycles. The van der Waals surface area contributed by atoms with Crippen molar-refractivity contribution in [1.29, 1.82) is 0 Å². The number of ether oxygens (including phenoxy) is 1. The van der Waals surface area contributed by atoms with Crippen molar-refractivity contribution in [2.75, 3.05) is 13.1 Å². The summed E-state index contributed by atoms with van der Waals surface area (Å²) >= 11 is 0. The number of rotatable bonds is 5. The number of aryl methyl sites for hydroxylation is 1. The highest BCUT2D eigenvalue weighted by Gasteiger charge is 2.43. The molecule has 1 saturated carbocycles. The summed E-state index contributed by atoms with van der Waals surface area (Å²) < 4.78 is 12.3. The van der Waals surface area contributed by atoms with E-state index < -0.39 is 0 Å². The first-order valence-electron chi connectivity index (χ1n) is 10.9. The molecule has 1 aromatic heterocycles. The van der Waals surface area contributed by atoms with Crippen molar-refractivity contribution in [2.24, 2.45) is 0 Å². The Bertz CT molecular complexity index is 878. The molecule has 5 nitrogen and oxygen atoms in total. The molecule has 0 bridgehead atoms. The first-order valence-corrected chi connectivity index (χ1v) is 10.9. The number of likely N-dealkylation sites (tertiary alicyclic amines) is 1. The minimum absolute atomic E-state index is 0.158. The summed E-state index contributed by atoms with van der Waals surface area (Å²) in [5.41, 5.74) is 1.03. The summed E-state index contributed by atoms with van der Waals surface area (Å²) in [6.07, 6.45) is 5.73. The predicted molar refractivity (Wildman–Crippen MR) is 111 cm³/mol. The number of hydrogen-bond acceptors (Lipinski definition) is 4. The van der Waals surface area contributed by atoms with Gasteiger partial charge in [-0.15, -0.1) is 0 Å². The Morgan fingerprint density at radius 3 is 2.69 bits per heavy atom. The molecule has 1 aliphatic carbocycles. The van der Waals surface area contributed by atoms with E-state index in [4.69, 9.17) is 9.15 Å². The van der Waals surface area contributed by atoms with E-state index in [1.165, 1.54) is 5.56 Å². The third-order valence-electron chi connectivity index (χ3n) is 6.62.